The van der Waals surface area contributed by atoms with E-state index >= 15 is 0 Å². The lowest BCUT2D eigenvalue weighted by Crippen LogP contribution is -2.40. The lowest BCUT2D eigenvalue weighted by atomic mass is 10.1. The van der Waals surface area contributed by atoms with Crippen LogP contribution in [0.4, 0.5) is 0 Å². The topological polar surface area (TPSA) is 69.7 Å². The standard InChI is InChI=1S/C17H27N3O3S.ClH/c1-4-19(5-2)24(22,23)16-10-6-8-14(12-16)17(21)20-11-7-9-15(20)13-18-3;/h6,8,10,12,15,18H,4-5,7,9,11,13H2,1-3H3;1H. The molecule has 1 N–H and O–H groups in total. The van der Waals surface area contributed by atoms with E-state index in [2.05, 4.69) is 5.32 Å². The maximum atomic E-state index is 12.8. The molecule has 6 nitrogen and oxygen atoms in total. The second-order valence-corrected chi connectivity index (χ2v) is 7.91. The molecular weight excluding hydrogens is 362 g/mol. The Balaban J connectivity index is 0.00000312. The number of sulfonamides is 1. The van der Waals surface area contributed by atoms with Gasteiger partial charge in [0.2, 0.25) is 10.0 Å². The first-order valence-corrected chi connectivity index (χ1v) is 9.95. The van der Waals surface area contributed by atoms with Crippen LogP contribution in [0.1, 0.15) is 37.0 Å². The molecule has 1 fully saturated rings. The number of carbonyl (C=O) groups is 1. The minimum atomic E-state index is -3.55. The van der Waals surface area contributed by atoms with Crippen molar-refractivity contribution in [3.63, 3.8) is 0 Å². The van der Waals surface area contributed by atoms with E-state index in [0.717, 1.165) is 25.9 Å². The lowest BCUT2D eigenvalue weighted by Gasteiger charge is -2.25. The van der Waals surface area contributed by atoms with Crippen LogP contribution in [0.5, 0.6) is 0 Å². The summed E-state index contributed by atoms with van der Waals surface area (Å²) in [5.74, 6) is -0.0932. The lowest BCUT2D eigenvalue weighted by molar-refractivity contribution is 0.0737. The van der Waals surface area contributed by atoms with Gasteiger partial charge in [0.05, 0.1) is 4.90 Å². The number of amides is 1. The van der Waals surface area contributed by atoms with Gasteiger partial charge in [0.25, 0.3) is 5.91 Å². The summed E-state index contributed by atoms with van der Waals surface area (Å²) >= 11 is 0. The van der Waals surface area contributed by atoms with Crippen molar-refractivity contribution in [2.75, 3.05) is 33.2 Å². The third-order valence-corrected chi connectivity index (χ3v) is 6.55. The predicted octanol–water partition coefficient (Wildman–Crippen LogP) is 1.96. The van der Waals surface area contributed by atoms with Gasteiger partial charge in [-0.3, -0.25) is 4.79 Å². The molecule has 0 saturated carbocycles. The Bertz CT molecular complexity index is 677. The zero-order valence-electron chi connectivity index (χ0n) is 15.1. The van der Waals surface area contributed by atoms with Crippen LogP contribution in [0, 0.1) is 0 Å². The Kier molecular flexibility index (Phi) is 8.34. The number of likely N-dealkylation sites (tertiary alicyclic amines) is 1. The number of hydrogen-bond acceptors (Lipinski definition) is 4. The second-order valence-electron chi connectivity index (χ2n) is 5.97. The first-order chi connectivity index (χ1) is 11.5. The highest BCUT2D eigenvalue weighted by atomic mass is 35.5. The Hall–Kier alpha value is -1.15. The third-order valence-electron chi connectivity index (χ3n) is 4.50. The van der Waals surface area contributed by atoms with Crippen molar-refractivity contribution in [3.05, 3.63) is 29.8 Å². The van der Waals surface area contributed by atoms with E-state index in [-0.39, 0.29) is 29.3 Å². The fourth-order valence-electron chi connectivity index (χ4n) is 3.22. The van der Waals surface area contributed by atoms with E-state index < -0.39 is 10.0 Å². The molecule has 1 heterocycles. The molecule has 2 rings (SSSR count). The fourth-order valence-corrected chi connectivity index (χ4v) is 4.72. The maximum absolute atomic E-state index is 12.8. The van der Waals surface area contributed by atoms with Crippen LogP contribution < -0.4 is 5.32 Å². The summed E-state index contributed by atoms with van der Waals surface area (Å²) in [5, 5.41) is 3.12. The number of likely N-dealkylation sites (N-methyl/N-ethyl adjacent to an activating group) is 1. The van der Waals surface area contributed by atoms with E-state index in [0.29, 0.717) is 18.7 Å². The smallest absolute Gasteiger partial charge is 0.254 e. The Morgan fingerprint density at radius 2 is 2.00 bits per heavy atom. The van der Waals surface area contributed by atoms with Crippen LogP contribution in [0.15, 0.2) is 29.2 Å². The minimum absolute atomic E-state index is 0. The first kappa shape index (κ1) is 21.9. The van der Waals surface area contributed by atoms with E-state index in [1.54, 1.807) is 18.2 Å². The Morgan fingerprint density at radius 1 is 1.32 bits per heavy atom. The highest BCUT2D eigenvalue weighted by molar-refractivity contribution is 7.89. The summed E-state index contributed by atoms with van der Waals surface area (Å²) in [6.07, 6.45) is 1.96. The minimum Gasteiger partial charge on any atom is -0.334 e. The molecule has 142 valence electrons. The number of nitrogens with zero attached hydrogens (tertiary/aromatic N) is 2. The Labute approximate surface area is 157 Å². The zero-order valence-corrected chi connectivity index (χ0v) is 16.7. The van der Waals surface area contributed by atoms with Crippen LogP contribution in [0.3, 0.4) is 0 Å². The highest BCUT2D eigenvalue weighted by Gasteiger charge is 2.30. The molecule has 25 heavy (non-hydrogen) atoms. The van der Waals surface area contributed by atoms with Crippen molar-refractivity contribution in [2.24, 2.45) is 0 Å². The second kappa shape index (κ2) is 9.52. The van der Waals surface area contributed by atoms with Crippen LogP contribution in [0.2, 0.25) is 0 Å². The molecule has 0 spiro atoms. The molecule has 0 radical (unpaired) electrons. The van der Waals surface area contributed by atoms with E-state index in [4.69, 9.17) is 0 Å². The number of rotatable bonds is 7. The van der Waals surface area contributed by atoms with Crippen molar-refractivity contribution < 1.29 is 13.2 Å². The molecule has 1 aliphatic rings. The average molecular weight is 390 g/mol. The van der Waals surface area contributed by atoms with Gasteiger partial charge in [-0.05, 0) is 38.1 Å². The van der Waals surface area contributed by atoms with E-state index in [9.17, 15) is 13.2 Å². The number of hydrogen-bond donors (Lipinski definition) is 1. The summed E-state index contributed by atoms with van der Waals surface area (Å²) in [5.41, 5.74) is 0.436. The zero-order chi connectivity index (χ0) is 17.7. The average Bonchev–Trinajstić information content (AvgIpc) is 3.04. The van der Waals surface area contributed by atoms with Gasteiger partial charge in [0.15, 0.2) is 0 Å². The maximum Gasteiger partial charge on any atom is 0.254 e. The SMILES string of the molecule is CCN(CC)S(=O)(=O)c1cccc(C(=O)N2CCCC2CNC)c1.Cl. The summed E-state index contributed by atoms with van der Waals surface area (Å²) in [6, 6.07) is 6.57. The molecule has 1 unspecified atom stereocenters. The van der Waals surface area contributed by atoms with Gasteiger partial charge >= 0.3 is 0 Å². The van der Waals surface area contributed by atoms with Crippen LogP contribution in [-0.4, -0.2) is 62.8 Å². The largest absolute Gasteiger partial charge is 0.334 e. The molecule has 0 aromatic heterocycles. The molecule has 1 atom stereocenters. The van der Waals surface area contributed by atoms with Gasteiger partial charge in [-0.25, -0.2) is 8.42 Å². The molecule has 1 aromatic carbocycles. The normalized spacial score (nSPS) is 17.6. The molecule has 0 bridgehead atoms. The highest BCUT2D eigenvalue weighted by Crippen LogP contribution is 2.22. The number of benzene rings is 1. The van der Waals surface area contributed by atoms with Gasteiger partial charge in [0.1, 0.15) is 0 Å². The molecule has 1 amide bonds. The van der Waals surface area contributed by atoms with Crippen molar-refractivity contribution in [2.45, 2.75) is 37.6 Å². The molecule has 1 aliphatic heterocycles. The quantitative estimate of drug-likeness (QED) is 0.773. The van der Waals surface area contributed by atoms with E-state index in [1.807, 2.05) is 25.8 Å². The summed E-state index contributed by atoms with van der Waals surface area (Å²) < 4.78 is 26.7. The summed E-state index contributed by atoms with van der Waals surface area (Å²) in [4.78, 5) is 14.8. The molecule has 0 aliphatic carbocycles. The van der Waals surface area contributed by atoms with Gasteiger partial charge in [-0.15, -0.1) is 12.4 Å². The van der Waals surface area contributed by atoms with Crippen molar-refractivity contribution in [1.29, 1.82) is 0 Å². The van der Waals surface area contributed by atoms with Crippen LogP contribution in [-0.2, 0) is 10.0 Å². The first-order valence-electron chi connectivity index (χ1n) is 8.51. The third kappa shape index (κ3) is 4.73. The van der Waals surface area contributed by atoms with Crippen molar-refractivity contribution in [1.82, 2.24) is 14.5 Å². The van der Waals surface area contributed by atoms with Gasteiger partial charge < -0.3 is 10.2 Å². The van der Waals surface area contributed by atoms with Crippen LogP contribution in [0.25, 0.3) is 0 Å². The number of halogens is 1. The number of carbonyl (C=O) groups excluding carboxylic acids is 1. The van der Waals surface area contributed by atoms with Gasteiger partial charge in [-0.1, -0.05) is 19.9 Å². The monoisotopic (exact) mass is 389 g/mol. The molecule has 8 heteroatoms. The molecular formula is C17H28ClN3O3S. The van der Waals surface area contributed by atoms with E-state index in [1.165, 1.54) is 10.4 Å². The summed E-state index contributed by atoms with van der Waals surface area (Å²) in [7, 11) is -1.68. The Morgan fingerprint density at radius 3 is 2.60 bits per heavy atom. The number of nitrogens with one attached hydrogen (secondary N) is 1. The van der Waals surface area contributed by atoms with Crippen LogP contribution >= 0.6 is 12.4 Å². The summed E-state index contributed by atoms with van der Waals surface area (Å²) in [6.45, 7) is 5.91. The van der Waals surface area contributed by atoms with Gasteiger partial charge in [-0.2, -0.15) is 4.31 Å². The van der Waals surface area contributed by atoms with Gasteiger partial charge in [0, 0.05) is 37.8 Å². The molecule has 1 aromatic rings. The fraction of sp³-hybridized carbons (Fsp3) is 0.588. The van der Waals surface area contributed by atoms with Crippen molar-refractivity contribution in [3.8, 4) is 0 Å². The predicted molar refractivity (Wildman–Crippen MR) is 102 cm³/mol. The molecule has 1 saturated heterocycles. The van der Waals surface area contributed by atoms with Crippen molar-refractivity contribution >= 4 is 28.3 Å².